The van der Waals surface area contributed by atoms with Crippen LogP contribution in [-0.2, 0) is 11.3 Å². The summed E-state index contributed by atoms with van der Waals surface area (Å²) in [7, 11) is 0. The number of carbonyl (C=O) groups excluding carboxylic acids is 1. The van der Waals surface area contributed by atoms with Crippen molar-refractivity contribution in [2.75, 3.05) is 5.32 Å². The molecule has 0 aliphatic heterocycles. The van der Waals surface area contributed by atoms with Crippen molar-refractivity contribution in [1.29, 1.82) is 0 Å². The quantitative estimate of drug-likeness (QED) is 0.629. The van der Waals surface area contributed by atoms with Crippen LogP contribution < -0.4 is 9.88 Å². The largest absolute Gasteiger partial charge is 0.318 e. The highest BCUT2D eigenvalue weighted by Gasteiger charge is 2.17. The molecule has 24 heavy (non-hydrogen) atoms. The molecule has 0 radical (unpaired) electrons. The summed E-state index contributed by atoms with van der Waals surface area (Å²) in [6.45, 7) is 4.19. The standard InChI is InChI=1S/C18H19F3N2O/c1-3-12(4-2)13-7-9-23(10-8-13)11-16(24)22-15-6-5-14(19)17(20)18(15)21/h5-10,12H,3-4,11H2,1-2H3/p+1. The maximum absolute atomic E-state index is 13.5. The van der Waals surface area contributed by atoms with Crippen molar-refractivity contribution in [2.45, 2.75) is 39.2 Å². The Balaban J connectivity index is 2.04. The van der Waals surface area contributed by atoms with E-state index in [9.17, 15) is 18.0 Å². The predicted octanol–water partition coefficient (Wildman–Crippen LogP) is 3.93. The predicted molar refractivity (Wildman–Crippen MR) is 84.9 cm³/mol. The highest BCUT2D eigenvalue weighted by molar-refractivity contribution is 5.89. The minimum atomic E-state index is -1.60. The van der Waals surface area contributed by atoms with Gasteiger partial charge in [-0.3, -0.25) is 4.79 Å². The molecule has 0 aliphatic carbocycles. The highest BCUT2D eigenvalue weighted by Crippen LogP contribution is 2.21. The van der Waals surface area contributed by atoms with Gasteiger partial charge in [-0.25, -0.2) is 13.2 Å². The number of halogens is 3. The number of rotatable bonds is 6. The first-order chi connectivity index (χ1) is 11.5. The lowest BCUT2D eigenvalue weighted by Crippen LogP contribution is -2.39. The second-order valence-electron chi connectivity index (χ2n) is 5.59. The molecule has 1 heterocycles. The van der Waals surface area contributed by atoms with E-state index >= 15 is 0 Å². The average Bonchev–Trinajstić information content (AvgIpc) is 2.58. The van der Waals surface area contributed by atoms with Gasteiger partial charge in [0, 0.05) is 12.1 Å². The van der Waals surface area contributed by atoms with E-state index in [4.69, 9.17) is 0 Å². The third-order valence-electron chi connectivity index (χ3n) is 4.01. The Morgan fingerprint density at radius 2 is 1.67 bits per heavy atom. The van der Waals surface area contributed by atoms with E-state index in [2.05, 4.69) is 19.2 Å². The number of anilines is 1. The van der Waals surface area contributed by atoms with Crippen molar-refractivity contribution in [3.8, 4) is 0 Å². The van der Waals surface area contributed by atoms with E-state index in [1.807, 2.05) is 12.1 Å². The number of amides is 1. The van der Waals surface area contributed by atoms with Gasteiger partial charge in [0.05, 0.1) is 5.69 Å². The molecule has 0 spiro atoms. The van der Waals surface area contributed by atoms with Gasteiger partial charge in [-0.05, 0) is 36.5 Å². The molecule has 0 saturated carbocycles. The Bertz CT molecular complexity index is 713. The second kappa shape index (κ2) is 7.95. The number of nitrogens with zero attached hydrogens (tertiary/aromatic N) is 1. The average molecular weight is 337 g/mol. The minimum absolute atomic E-state index is 0.0539. The normalized spacial score (nSPS) is 10.9. The van der Waals surface area contributed by atoms with Gasteiger partial charge >= 0.3 is 0 Å². The van der Waals surface area contributed by atoms with Gasteiger partial charge in [0.15, 0.2) is 29.8 Å². The number of nitrogens with one attached hydrogen (secondary N) is 1. The van der Waals surface area contributed by atoms with Crippen LogP contribution in [0.25, 0.3) is 0 Å². The summed E-state index contributed by atoms with van der Waals surface area (Å²) >= 11 is 0. The smallest absolute Gasteiger partial charge is 0.290 e. The van der Waals surface area contributed by atoms with Crippen LogP contribution in [0.15, 0.2) is 36.7 Å². The molecule has 1 amide bonds. The summed E-state index contributed by atoms with van der Waals surface area (Å²) in [5, 5.41) is 2.25. The highest BCUT2D eigenvalue weighted by atomic mass is 19.2. The van der Waals surface area contributed by atoms with Crippen LogP contribution in [0.4, 0.5) is 18.9 Å². The zero-order chi connectivity index (χ0) is 17.7. The fraction of sp³-hybridized carbons (Fsp3) is 0.333. The summed E-state index contributed by atoms with van der Waals surface area (Å²) in [4.78, 5) is 11.9. The first-order valence-corrected chi connectivity index (χ1v) is 7.88. The molecule has 0 bridgehead atoms. The molecule has 1 N–H and O–H groups in total. The van der Waals surface area contributed by atoms with E-state index in [-0.39, 0.29) is 12.2 Å². The molecule has 2 aromatic rings. The maximum atomic E-state index is 13.5. The van der Waals surface area contributed by atoms with Crippen LogP contribution >= 0.6 is 0 Å². The van der Waals surface area contributed by atoms with Crippen molar-refractivity contribution in [3.63, 3.8) is 0 Å². The first-order valence-electron chi connectivity index (χ1n) is 7.88. The van der Waals surface area contributed by atoms with Crippen molar-refractivity contribution in [2.24, 2.45) is 0 Å². The van der Waals surface area contributed by atoms with Crippen molar-refractivity contribution in [3.05, 3.63) is 59.7 Å². The van der Waals surface area contributed by atoms with E-state index in [0.29, 0.717) is 5.92 Å². The first kappa shape index (κ1) is 18.0. The third-order valence-corrected chi connectivity index (χ3v) is 4.01. The van der Waals surface area contributed by atoms with Gasteiger partial charge in [-0.2, -0.15) is 4.57 Å². The SMILES string of the molecule is CCC(CC)c1cc[n+](CC(=O)Nc2ccc(F)c(F)c2F)cc1. The molecule has 0 aliphatic rings. The molecule has 2 rings (SSSR count). The fourth-order valence-corrected chi connectivity index (χ4v) is 2.58. The van der Waals surface area contributed by atoms with Gasteiger partial charge in [-0.15, -0.1) is 0 Å². The zero-order valence-electron chi connectivity index (χ0n) is 13.7. The number of aromatic nitrogens is 1. The summed E-state index contributed by atoms with van der Waals surface area (Å²) in [6, 6.07) is 5.66. The van der Waals surface area contributed by atoms with Crippen molar-refractivity contribution in [1.82, 2.24) is 0 Å². The molecule has 1 aromatic heterocycles. The van der Waals surface area contributed by atoms with Crippen LogP contribution in [0.3, 0.4) is 0 Å². The lowest BCUT2D eigenvalue weighted by atomic mass is 9.95. The van der Waals surface area contributed by atoms with Crippen molar-refractivity contribution >= 4 is 11.6 Å². The van der Waals surface area contributed by atoms with Gasteiger partial charge in [0.2, 0.25) is 6.54 Å². The third kappa shape index (κ3) is 4.13. The van der Waals surface area contributed by atoms with Gasteiger partial charge < -0.3 is 5.32 Å². The van der Waals surface area contributed by atoms with Gasteiger partial charge in [0.1, 0.15) is 0 Å². The van der Waals surface area contributed by atoms with E-state index < -0.39 is 23.4 Å². The Labute approximate surface area is 139 Å². The number of hydrogen-bond donors (Lipinski definition) is 1. The van der Waals surface area contributed by atoms with E-state index in [1.54, 1.807) is 17.0 Å². The summed E-state index contributed by atoms with van der Waals surface area (Å²) in [6.07, 6.45) is 5.62. The van der Waals surface area contributed by atoms with E-state index in [1.165, 1.54) is 5.56 Å². The molecule has 3 nitrogen and oxygen atoms in total. The Morgan fingerprint density at radius 1 is 1.04 bits per heavy atom. The van der Waals surface area contributed by atoms with Crippen LogP contribution in [0.2, 0.25) is 0 Å². The molecule has 0 unspecified atom stereocenters. The molecule has 0 fully saturated rings. The van der Waals surface area contributed by atoms with Gasteiger partial charge in [-0.1, -0.05) is 13.8 Å². The number of hydrogen-bond acceptors (Lipinski definition) is 1. The Kier molecular flexibility index (Phi) is 5.95. The Hall–Kier alpha value is -2.37. The molecular formula is C18H20F3N2O+. The molecule has 0 atom stereocenters. The number of pyridine rings is 1. The molecular weight excluding hydrogens is 317 g/mol. The lowest BCUT2D eigenvalue weighted by Gasteiger charge is -2.11. The molecule has 6 heteroatoms. The van der Waals surface area contributed by atoms with E-state index in [0.717, 1.165) is 25.0 Å². The molecule has 1 aromatic carbocycles. The van der Waals surface area contributed by atoms with Crippen LogP contribution in [-0.4, -0.2) is 5.91 Å². The second-order valence-corrected chi connectivity index (χ2v) is 5.59. The fourth-order valence-electron chi connectivity index (χ4n) is 2.58. The topological polar surface area (TPSA) is 33.0 Å². The zero-order valence-corrected chi connectivity index (χ0v) is 13.7. The van der Waals surface area contributed by atoms with Crippen LogP contribution in [0.5, 0.6) is 0 Å². The maximum Gasteiger partial charge on any atom is 0.290 e. The lowest BCUT2D eigenvalue weighted by molar-refractivity contribution is -0.684. The Morgan fingerprint density at radius 3 is 2.25 bits per heavy atom. The summed E-state index contributed by atoms with van der Waals surface area (Å²) in [5.74, 6) is -4.35. The summed E-state index contributed by atoms with van der Waals surface area (Å²) < 4.78 is 41.2. The molecule has 0 saturated heterocycles. The van der Waals surface area contributed by atoms with Crippen molar-refractivity contribution < 1.29 is 22.5 Å². The monoisotopic (exact) mass is 337 g/mol. The number of benzene rings is 1. The summed E-state index contributed by atoms with van der Waals surface area (Å²) in [5.41, 5.74) is 0.816. The van der Waals surface area contributed by atoms with Crippen LogP contribution in [0.1, 0.15) is 38.2 Å². The van der Waals surface area contributed by atoms with Crippen LogP contribution in [0, 0.1) is 17.5 Å². The minimum Gasteiger partial charge on any atom is -0.318 e. The molecule has 128 valence electrons. The number of carbonyl (C=O) groups is 1. The van der Waals surface area contributed by atoms with Gasteiger partial charge in [0.25, 0.3) is 5.91 Å².